The van der Waals surface area contributed by atoms with Gasteiger partial charge in [0.15, 0.2) is 5.82 Å². The molecule has 23 heavy (non-hydrogen) atoms. The van der Waals surface area contributed by atoms with Gasteiger partial charge in [-0.2, -0.15) is 0 Å². The Bertz CT molecular complexity index is 612. The van der Waals surface area contributed by atoms with Crippen LogP contribution in [0.15, 0.2) is 0 Å². The quantitative estimate of drug-likeness (QED) is 0.825. The third kappa shape index (κ3) is 3.16. The van der Waals surface area contributed by atoms with Crippen molar-refractivity contribution in [2.75, 3.05) is 26.2 Å². The summed E-state index contributed by atoms with van der Waals surface area (Å²) in [5.74, 6) is 2.15. The SMILES string of the molecule is Cc1nnc2n1[C@@H](CC(C)C)CN(C(=O)CN1CCOC1=O)C2. The van der Waals surface area contributed by atoms with Crippen molar-refractivity contribution in [3.8, 4) is 0 Å². The summed E-state index contributed by atoms with van der Waals surface area (Å²) in [7, 11) is 0. The first-order chi connectivity index (χ1) is 11.0. The molecule has 0 radical (unpaired) electrons. The Morgan fingerprint density at radius 3 is 2.83 bits per heavy atom. The molecule has 2 aliphatic heterocycles. The van der Waals surface area contributed by atoms with Gasteiger partial charge in [0.2, 0.25) is 5.91 Å². The molecule has 3 heterocycles. The van der Waals surface area contributed by atoms with E-state index >= 15 is 0 Å². The molecule has 2 aliphatic rings. The summed E-state index contributed by atoms with van der Waals surface area (Å²) in [5.41, 5.74) is 0. The number of fused-ring (bicyclic) bond motifs is 1. The van der Waals surface area contributed by atoms with Crippen LogP contribution in [0, 0.1) is 12.8 Å². The van der Waals surface area contributed by atoms with Gasteiger partial charge in [-0.1, -0.05) is 13.8 Å². The number of aromatic nitrogens is 3. The summed E-state index contributed by atoms with van der Waals surface area (Å²) in [6.07, 6.45) is 0.551. The lowest BCUT2D eigenvalue weighted by Crippen LogP contribution is -2.46. The van der Waals surface area contributed by atoms with Crippen LogP contribution in [0.2, 0.25) is 0 Å². The van der Waals surface area contributed by atoms with E-state index in [2.05, 4.69) is 28.6 Å². The summed E-state index contributed by atoms with van der Waals surface area (Å²) in [5, 5.41) is 8.36. The van der Waals surface area contributed by atoms with Crippen molar-refractivity contribution >= 4 is 12.0 Å². The van der Waals surface area contributed by atoms with E-state index in [1.165, 1.54) is 4.90 Å². The number of aryl methyl sites for hydroxylation is 1. The molecule has 8 nitrogen and oxygen atoms in total. The zero-order valence-electron chi connectivity index (χ0n) is 13.9. The van der Waals surface area contributed by atoms with Gasteiger partial charge in [-0.05, 0) is 19.3 Å². The summed E-state index contributed by atoms with van der Waals surface area (Å²) >= 11 is 0. The number of nitrogens with zero attached hydrogens (tertiary/aromatic N) is 5. The molecule has 126 valence electrons. The minimum Gasteiger partial charge on any atom is -0.448 e. The first-order valence-corrected chi connectivity index (χ1v) is 8.05. The monoisotopic (exact) mass is 321 g/mol. The van der Waals surface area contributed by atoms with Crippen molar-refractivity contribution in [3.63, 3.8) is 0 Å². The van der Waals surface area contributed by atoms with Gasteiger partial charge in [0.1, 0.15) is 19.0 Å². The Hall–Kier alpha value is -2.12. The van der Waals surface area contributed by atoms with Crippen LogP contribution in [0.1, 0.15) is 38.0 Å². The highest BCUT2D eigenvalue weighted by Gasteiger charge is 2.33. The molecule has 0 aliphatic carbocycles. The lowest BCUT2D eigenvalue weighted by atomic mass is 10.0. The molecule has 0 spiro atoms. The molecule has 3 rings (SSSR count). The Balaban J connectivity index is 1.74. The third-order valence-electron chi connectivity index (χ3n) is 4.33. The van der Waals surface area contributed by atoms with Crippen LogP contribution in [0.25, 0.3) is 0 Å². The highest BCUT2D eigenvalue weighted by Crippen LogP contribution is 2.27. The Morgan fingerprint density at radius 1 is 1.39 bits per heavy atom. The fourth-order valence-corrected chi connectivity index (χ4v) is 3.31. The van der Waals surface area contributed by atoms with E-state index < -0.39 is 6.09 Å². The number of hydrogen-bond acceptors (Lipinski definition) is 5. The molecule has 1 atom stereocenters. The van der Waals surface area contributed by atoms with Crippen LogP contribution in [0.3, 0.4) is 0 Å². The molecule has 1 saturated heterocycles. The molecule has 2 amide bonds. The third-order valence-corrected chi connectivity index (χ3v) is 4.33. The minimum atomic E-state index is -0.409. The van der Waals surface area contributed by atoms with Gasteiger partial charge in [0.25, 0.3) is 0 Å². The summed E-state index contributed by atoms with van der Waals surface area (Å²) in [6, 6.07) is 0.184. The van der Waals surface area contributed by atoms with Crippen molar-refractivity contribution in [2.45, 2.75) is 39.8 Å². The molecule has 0 aromatic carbocycles. The molecule has 0 bridgehead atoms. The van der Waals surface area contributed by atoms with Gasteiger partial charge in [0, 0.05) is 6.54 Å². The van der Waals surface area contributed by atoms with E-state index in [9.17, 15) is 9.59 Å². The van der Waals surface area contributed by atoms with E-state index in [1.807, 2.05) is 6.92 Å². The zero-order chi connectivity index (χ0) is 16.6. The van der Waals surface area contributed by atoms with Crippen molar-refractivity contribution < 1.29 is 14.3 Å². The summed E-state index contributed by atoms with van der Waals surface area (Å²) in [4.78, 5) is 27.3. The predicted octanol–water partition coefficient (Wildman–Crippen LogP) is 0.968. The number of ether oxygens (including phenoxy) is 1. The Morgan fingerprint density at radius 2 is 2.17 bits per heavy atom. The molecule has 8 heteroatoms. The van der Waals surface area contributed by atoms with Crippen LogP contribution in [0.4, 0.5) is 4.79 Å². The van der Waals surface area contributed by atoms with Gasteiger partial charge < -0.3 is 14.2 Å². The standard InChI is InChI=1S/C15H23N5O3/c1-10(2)6-12-7-19(8-13-17-16-11(3)20(12)13)14(21)9-18-4-5-23-15(18)22/h10,12H,4-9H2,1-3H3/t12-/m0/s1. The highest BCUT2D eigenvalue weighted by molar-refractivity contribution is 5.83. The van der Waals surface area contributed by atoms with Crippen molar-refractivity contribution in [3.05, 3.63) is 11.6 Å². The maximum absolute atomic E-state index is 12.6. The number of cyclic esters (lactones) is 1. The molecular weight excluding hydrogens is 298 g/mol. The molecule has 0 unspecified atom stereocenters. The fourth-order valence-electron chi connectivity index (χ4n) is 3.31. The Labute approximate surface area is 135 Å². The molecule has 1 fully saturated rings. The van der Waals surface area contributed by atoms with E-state index in [0.717, 1.165) is 18.1 Å². The number of carbonyl (C=O) groups excluding carboxylic acids is 2. The molecule has 0 saturated carbocycles. The molecule has 0 N–H and O–H groups in total. The average Bonchev–Trinajstić information content (AvgIpc) is 3.05. The fraction of sp³-hybridized carbons (Fsp3) is 0.733. The van der Waals surface area contributed by atoms with Crippen molar-refractivity contribution in [1.29, 1.82) is 0 Å². The number of hydrogen-bond donors (Lipinski definition) is 0. The average molecular weight is 321 g/mol. The van der Waals surface area contributed by atoms with E-state index in [4.69, 9.17) is 4.74 Å². The van der Waals surface area contributed by atoms with Crippen LogP contribution in [-0.4, -0.2) is 62.8 Å². The van der Waals surface area contributed by atoms with Crippen LogP contribution in [0.5, 0.6) is 0 Å². The van der Waals surface area contributed by atoms with Gasteiger partial charge in [-0.25, -0.2) is 4.79 Å². The van der Waals surface area contributed by atoms with Crippen LogP contribution >= 0.6 is 0 Å². The second kappa shape index (κ2) is 6.17. The van der Waals surface area contributed by atoms with E-state index in [0.29, 0.717) is 32.2 Å². The second-order valence-corrected chi connectivity index (χ2v) is 6.63. The minimum absolute atomic E-state index is 0.0653. The normalized spacial score (nSPS) is 20.9. The lowest BCUT2D eigenvalue weighted by molar-refractivity contribution is -0.134. The predicted molar refractivity (Wildman–Crippen MR) is 81.6 cm³/mol. The van der Waals surface area contributed by atoms with Crippen LogP contribution in [-0.2, 0) is 16.1 Å². The van der Waals surface area contributed by atoms with Gasteiger partial charge >= 0.3 is 6.09 Å². The van der Waals surface area contributed by atoms with Crippen molar-refractivity contribution in [2.24, 2.45) is 5.92 Å². The summed E-state index contributed by atoms with van der Waals surface area (Å²) in [6.45, 7) is 8.25. The maximum Gasteiger partial charge on any atom is 0.410 e. The number of carbonyl (C=O) groups is 2. The number of amides is 2. The highest BCUT2D eigenvalue weighted by atomic mass is 16.6. The first-order valence-electron chi connectivity index (χ1n) is 8.05. The van der Waals surface area contributed by atoms with Gasteiger partial charge in [0.05, 0.1) is 19.1 Å². The van der Waals surface area contributed by atoms with E-state index in [-0.39, 0.29) is 18.5 Å². The van der Waals surface area contributed by atoms with Gasteiger partial charge in [-0.15, -0.1) is 10.2 Å². The summed E-state index contributed by atoms with van der Waals surface area (Å²) < 4.78 is 7.02. The number of rotatable bonds is 4. The Kier molecular flexibility index (Phi) is 4.23. The topological polar surface area (TPSA) is 80.6 Å². The molecule has 1 aromatic heterocycles. The van der Waals surface area contributed by atoms with Gasteiger partial charge in [-0.3, -0.25) is 9.69 Å². The maximum atomic E-state index is 12.6. The smallest absolute Gasteiger partial charge is 0.410 e. The largest absolute Gasteiger partial charge is 0.448 e. The molecule has 1 aromatic rings. The first kappa shape index (κ1) is 15.8. The zero-order valence-corrected chi connectivity index (χ0v) is 13.9. The van der Waals surface area contributed by atoms with Crippen LogP contribution < -0.4 is 0 Å². The molecular formula is C15H23N5O3. The van der Waals surface area contributed by atoms with E-state index in [1.54, 1.807) is 4.90 Å². The lowest BCUT2D eigenvalue weighted by Gasteiger charge is -2.35. The second-order valence-electron chi connectivity index (χ2n) is 6.63. The van der Waals surface area contributed by atoms with Crippen molar-refractivity contribution in [1.82, 2.24) is 24.6 Å².